The Balaban J connectivity index is 1.68. The second kappa shape index (κ2) is 7.16. The minimum Gasteiger partial charge on any atom is -0.451 e. The number of fused-ring (bicyclic) bond motifs is 1. The van der Waals surface area contributed by atoms with Crippen molar-refractivity contribution >= 4 is 39.3 Å². The molecule has 3 heterocycles. The first-order valence-electron chi connectivity index (χ1n) is 7.87. The highest BCUT2D eigenvalue weighted by Crippen LogP contribution is 2.27. The highest BCUT2D eigenvalue weighted by Gasteiger charge is 2.21. The van der Waals surface area contributed by atoms with Crippen LogP contribution in [0.1, 0.15) is 25.7 Å². The Labute approximate surface area is 157 Å². The van der Waals surface area contributed by atoms with E-state index in [4.69, 9.17) is 4.74 Å². The first-order valence-corrected chi connectivity index (χ1v) is 8.68. The van der Waals surface area contributed by atoms with Crippen LogP contribution in [0, 0.1) is 6.92 Å². The number of aromatic nitrogens is 3. The van der Waals surface area contributed by atoms with Crippen molar-refractivity contribution in [3.8, 4) is 0 Å². The number of esters is 1. The standard InChI is InChI=1S/C17H16N4O5S/c1-9-12-15(18-8-21(3)16(12)24)27-13(9)17(25)26-7-11(22)19-14(23)10-5-4-6-20(10)2/h4-6,8H,7H2,1-3H3,(H,19,22,23). The fraction of sp³-hybridized carbons (Fsp3) is 0.235. The number of rotatable bonds is 4. The number of thiophene rings is 1. The summed E-state index contributed by atoms with van der Waals surface area (Å²) in [4.78, 5) is 53.0. The van der Waals surface area contributed by atoms with Gasteiger partial charge in [0.25, 0.3) is 17.4 Å². The normalized spacial score (nSPS) is 10.8. The Hall–Kier alpha value is -3.27. The lowest BCUT2D eigenvalue weighted by Crippen LogP contribution is -2.35. The van der Waals surface area contributed by atoms with Gasteiger partial charge >= 0.3 is 5.97 Å². The van der Waals surface area contributed by atoms with Crippen LogP contribution in [0.5, 0.6) is 0 Å². The topological polar surface area (TPSA) is 112 Å². The van der Waals surface area contributed by atoms with Gasteiger partial charge in [-0.25, -0.2) is 9.78 Å². The lowest BCUT2D eigenvalue weighted by Gasteiger charge is -2.06. The summed E-state index contributed by atoms with van der Waals surface area (Å²) < 4.78 is 7.86. The van der Waals surface area contributed by atoms with Gasteiger partial charge in [0.15, 0.2) is 6.61 Å². The molecule has 0 atom stereocenters. The molecule has 3 aromatic heterocycles. The van der Waals surface area contributed by atoms with E-state index >= 15 is 0 Å². The molecule has 0 aliphatic carbocycles. The number of nitrogens with one attached hydrogen (secondary N) is 1. The molecule has 140 valence electrons. The maximum Gasteiger partial charge on any atom is 0.349 e. The summed E-state index contributed by atoms with van der Waals surface area (Å²) in [5.74, 6) is -2.09. The maximum atomic E-state index is 12.3. The van der Waals surface area contributed by atoms with Crippen molar-refractivity contribution in [1.29, 1.82) is 0 Å². The van der Waals surface area contributed by atoms with Gasteiger partial charge in [-0.1, -0.05) is 0 Å². The highest BCUT2D eigenvalue weighted by atomic mass is 32.1. The summed E-state index contributed by atoms with van der Waals surface area (Å²) in [6.07, 6.45) is 3.04. The molecule has 9 nitrogen and oxygen atoms in total. The van der Waals surface area contributed by atoms with Crippen molar-refractivity contribution in [3.63, 3.8) is 0 Å². The Morgan fingerprint density at radius 3 is 2.67 bits per heavy atom. The number of hydrogen-bond acceptors (Lipinski definition) is 7. The molecule has 3 aromatic rings. The Kier molecular flexibility index (Phi) is 4.91. The third-order valence-corrected chi connectivity index (χ3v) is 5.14. The predicted octanol–water partition coefficient (Wildman–Crippen LogP) is 0.755. The van der Waals surface area contributed by atoms with E-state index in [-0.39, 0.29) is 10.4 Å². The van der Waals surface area contributed by atoms with Crippen molar-refractivity contribution in [1.82, 2.24) is 19.4 Å². The molecule has 0 spiro atoms. The zero-order valence-corrected chi connectivity index (χ0v) is 15.6. The van der Waals surface area contributed by atoms with E-state index in [1.807, 2.05) is 0 Å². The van der Waals surface area contributed by atoms with Crippen molar-refractivity contribution in [2.75, 3.05) is 6.61 Å². The second-order valence-corrected chi connectivity index (χ2v) is 6.85. The summed E-state index contributed by atoms with van der Waals surface area (Å²) in [7, 11) is 3.24. The maximum absolute atomic E-state index is 12.3. The van der Waals surface area contributed by atoms with Crippen molar-refractivity contribution in [2.24, 2.45) is 14.1 Å². The molecule has 27 heavy (non-hydrogen) atoms. The Morgan fingerprint density at radius 2 is 2.00 bits per heavy atom. The van der Waals surface area contributed by atoms with E-state index in [0.29, 0.717) is 21.5 Å². The molecule has 0 bridgehead atoms. The molecule has 10 heteroatoms. The van der Waals surface area contributed by atoms with Gasteiger partial charge in [0.05, 0.1) is 11.7 Å². The monoisotopic (exact) mass is 388 g/mol. The second-order valence-electron chi connectivity index (χ2n) is 5.85. The summed E-state index contributed by atoms with van der Waals surface area (Å²) >= 11 is 1.02. The van der Waals surface area contributed by atoms with Crippen LogP contribution in [0.4, 0.5) is 0 Å². The molecule has 0 fully saturated rings. The predicted molar refractivity (Wildman–Crippen MR) is 97.8 cm³/mol. The number of carbonyl (C=O) groups excluding carboxylic acids is 3. The van der Waals surface area contributed by atoms with E-state index in [1.165, 1.54) is 10.9 Å². The van der Waals surface area contributed by atoms with E-state index < -0.39 is 24.4 Å². The highest BCUT2D eigenvalue weighted by molar-refractivity contribution is 7.20. The molecular weight excluding hydrogens is 372 g/mol. The van der Waals surface area contributed by atoms with Gasteiger partial charge < -0.3 is 13.9 Å². The number of imide groups is 1. The van der Waals surface area contributed by atoms with Crippen LogP contribution in [0.2, 0.25) is 0 Å². The van der Waals surface area contributed by atoms with Crippen LogP contribution in [0.25, 0.3) is 10.2 Å². The average Bonchev–Trinajstić information content (AvgIpc) is 3.20. The van der Waals surface area contributed by atoms with Crippen molar-refractivity contribution in [3.05, 3.63) is 51.1 Å². The van der Waals surface area contributed by atoms with E-state index in [9.17, 15) is 19.2 Å². The molecule has 0 radical (unpaired) electrons. The first-order chi connectivity index (χ1) is 12.8. The number of nitrogens with zero attached hydrogens (tertiary/aromatic N) is 3. The van der Waals surface area contributed by atoms with Crippen LogP contribution < -0.4 is 10.9 Å². The van der Waals surface area contributed by atoms with Crippen LogP contribution in [-0.2, 0) is 23.6 Å². The summed E-state index contributed by atoms with van der Waals surface area (Å²) in [6.45, 7) is 1.01. The van der Waals surface area contributed by atoms with E-state index in [0.717, 1.165) is 11.3 Å². The van der Waals surface area contributed by atoms with Gasteiger partial charge in [-0.3, -0.25) is 19.7 Å². The Morgan fingerprint density at radius 1 is 1.26 bits per heavy atom. The summed E-state index contributed by atoms with van der Waals surface area (Å²) in [5.41, 5.74) is 0.490. The smallest absolute Gasteiger partial charge is 0.349 e. The molecule has 0 unspecified atom stereocenters. The van der Waals surface area contributed by atoms with E-state index in [1.54, 1.807) is 43.9 Å². The average molecular weight is 388 g/mol. The van der Waals surface area contributed by atoms with Gasteiger partial charge in [-0.15, -0.1) is 11.3 Å². The lowest BCUT2D eigenvalue weighted by molar-refractivity contribution is -0.123. The molecule has 3 rings (SSSR count). The number of hydrogen-bond donors (Lipinski definition) is 1. The molecule has 0 aliphatic heterocycles. The third-order valence-electron chi connectivity index (χ3n) is 3.96. The number of carbonyl (C=O) groups is 3. The molecule has 0 saturated carbocycles. The fourth-order valence-corrected chi connectivity index (χ4v) is 3.56. The van der Waals surface area contributed by atoms with Gasteiger partial charge in [-0.2, -0.15) is 0 Å². The SMILES string of the molecule is Cc1c(C(=O)OCC(=O)NC(=O)c2cccn2C)sc2ncn(C)c(=O)c12. The lowest BCUT2D eigenvalue weighted by atomic mass is 10.2. The quantitative estimate of drug-likeness (QED) is 0.660. The van der Waals surface area contributed by atoms with Crippen LogP contribution in [0.3, 0.4) is 0 Å². The number of aryl methyl sites for hydroxylation is 3. The first kappa shape index (κ1) is 18.5. The molecule has 0 aromatic carbocycles. The summed E-state index contributed by atoms with van der Waals surface area (Å²) in [6, 6.07) is 3.23. The zero-order valence-electron chi connectivity index (χ0n) is 14.8. The van der Waals surface area contributed by atoms with Gasteiger partial charge in [0.2, 0.25) is 0 Å². The van der Waals surface area contributed by atoms with Gasteiger partial charge in [0.1, 0.15) is 15.4 Å². The van der Waals surface area contributed by atoms with Crippen molar-refractivity contribution in [2.45, 2.75) is 6.92 Å². The molecule has 2 amide bonds. The number of ether oxygens (including phenoxy) is 1. The third kappa shape index (κ3) is 3.51. The minimum atomic E-state index is -0.751. The number of amides is 2. The van der Waals surface area contributed by atoms with Gasteiger partial charge in [-0.05, 0) is 24.6 Å². The molecule has 1 N–H and O–H groups in total. The molecule has 0 saturated heterocycles. The van der Waals surface area contributed by atoms with Gasteiger partial charge in [0, 0.05) is 20.3 Å². The Bertz CT molecular complexity index is 1120. The molecular formula is C17H16N4O5S. The summed E-state index contributed by atoms with van der Waals surface area (Å²) in [5, 5.41) is 2.50. The van der Waals surface area contributed by atoms with Crippen molar-refractivity contribution < 1.29 is 19.1 Å². The molecule has 0 aliphatic rings. The minimum absolute atomic E-state index is 0.197. The largest absolute Gasteiger partial charge is 0.451 e. The van der Waals surface area contributed by atoms with Crippen LogP contribution >= 0.6 is 11.3 Å². The zero-order chi connectivity index (χ0) is 19.7. The van der Waals surface area contributed by atoms with E-state index in [2.05, 4.69) is 10.3 Å². The van der Waals surface area contributed by atoms with Crippen LogP contribution in [-0.4, -0.2) is 38.5 Å². The fourth-order valence-electron chi connectivity index (χ4n) is 2.52. The van der Waals surface area contributed by atoms with Crippen LogP contribution in [0.15, 0.2) is 29.5 Å².